The van der Waals surface area contributed by atoms with Gasteiger partial charge in [0.25, 0.3) is 0 Å². The van der Waals surface area contributed by atoms with Crippen LogP contribution >= 0.6 is 11.3 Å². The molecular weight excluding hydrogens is 406 g/mol. The van der Waals surface area contributed by atoms with Crippen molar-refractivity contribution >= 4 is 34.1 Å². The molecule has 4 aromatic rings. The second kappa shape index (κ2) is 8.81. The predicted octanol–water partition coefficient (Wildman–Crippen LogP) is 4.29. The van der Waals surface area contributed by atoms with Gasteiger partial charge >= 0.3 is 6.03 Å². The van der Waals surface area contributed by atoms with Gasteiger partial charge in [-0.25, -0.2) is 9.78 Å². The maximum Gasteiger partial charge on any atom is 0.317 e. The van der Waals surface area contributed by atoms with Gasteiger partial charge in [0.2, 0.25) is 0 Å². The van der Waals surface area contributed by atoms with Gasteiger partial charge in [-0.1, -0.05) is 30.3 Å². The number of nitrogens with one attached hydrogen (secondary N) is 2. The van der Waals surface area contributed by atoms with Crippen molar-refractivity contribution in [2.75, 3.05) is 37.6 Å². The fourth-order valence-corrected chi connectivity index (χ4v) is 5.06. The Hall–Kier alpha value is -3.32. The number of aromatic nitrogens is 2. The fourth-order valence-electron chi connectivity index (χ4n) is 4.22. The third-order valence-corrected chi connectivity index (χ3v) is 6.87. The predicted molar refractivity (Wildman–Crippen MR) is 126 cm³/mol. The number of pyridine rings is 1. The minimum Gasteiger partial charge on any atom is -0.361 e. The van der Waals surface area contributed by atoms with E-state index in [4.69, 9.17) is 0 Å². The van der Waals surface area contributed by atoms with E-state index in [0.717, 1.165) is 24.4 Å². The average Bonchev–Trinajstić information content (AvgIpc) is 3.51. The standard InChI is InChI=1S/C24H25N5OS/c30-24(29-13-11-28(12-14-29)23-9-3-4-10-25-23)27-17-20(22-8-5-15-31-22)19-16-26-21-7-2-1-6-18(19)21/h1-10,15-16,20,26H,11-14,17H2,(H,27,30)/t20-/m0/s1. The van der Waals surface area contributed by atoms with Crippen molar-refractivity contribution in [2.24, 2.45) is 0 Å². The molecule has 2 N–H and O–H groups in total. The Kier molecular flexibility index (Phi) is 5.58. The van der Waals surface area contributed by atoms with Crippen LogP contribution in [0.2, 0.25) is 0 Å². The number of urea groups is 1. The van der Waals surface area contributed by atoms with Crippen LogP contribution in [0.3, 0.4) is 0 Å². The number of fused-ring (bicyclic) bond motifs is 1. The van der Waals surface area contributed by atoms with Crippen LogP contribution in [0, 0.1) is 0 Å². The van der Waals surface area contributed by atoms with Crippen LogP contribution in [0.1, 0.15) is 16.4 Å². The maximum absolute atomic E-state index is 12.9. The Morgan fingerprint density at radius 2 is 1.90 bits per heavy atom. The summed E-state index contributed by atoms with van der Waals surface area (Å²) < 4.78 is 0. The summed E-state index contributed by atoms with van der Waals surface area (Å²) in [4.78, 5) is 26.1. The number of amides is 2. The second-order valence-corrected chi connectivity index (χ2v) is 8.68. The molecule has 6 nitrogen and oxygen atoms in total. The number of carbonyl (C=O) groups is 1. The van der Waals surface area contributed by atoms with Crippen molar-refractivity contribution in [1.82, 2.24) is 20.2 Å². The normalized spacial score (nSPS) is 15.2. The summed E-state index contributed by atoms with van der Waals surface area (Å²) in [5.41, 5.74) is 2.34. The van der Waals surface area contributed by atoms with Gasteiger partial charge in [-0.05, 0) is 35.2 Å². The lowest BCUT2D eigenvalue weighted by molar-refractivity contribution is 0.194. The molecule has 0 bridgehead atoms. The monoisotopic (exact) mass is 431 g/mol. The highest BCUT2D eigenvalue weighted by Crippen LogP contribution is 2.32. The van der Waals surface area contributed by atoms with Crippen molar-refractivity contribution in [3.8, 4) is 0 Å². The molecule has 0 radical (unpaired) electrons. The first-order valence-corrected chi connectivity index (χ1v) is 11.5. The molecule has 1 atom stereocenters. The molecule has 0 spiro atoms. The SMILES string of the molecule is O=C(NC[C@H](c1cccs1)c1c[nH]c2ccccc12)N1CCN(c2ccccn2)CC1. The molecule has 1 fully saturated rings. The topological polar surface area (TPSA) is 64.3 Å². The van der Waals surface area contributed by atoms with Crippen molar-refractivity contribution in [3.63, 3.8) is 0 Å². The molecule has 1 aliphatic rings. The number of rotatable bonds is 5. The molecule has 5 rings (SSSR count). The van der Waals surface area contributed by atoms with Gasteiger partial charge in [0.1, 0.15) is 5.82 Å². The summed E-state index contributed by atoms with van der Waals surface area (Å²) in [6.07, 6.45) is 3.89. The summed E-state index contributed by atoms with van der Waals surface area (Å²) >= 11 is 1.73. The third-order valence-electron chi connectivity index (χ3n) is 5.88. The first-order chi connectivity index (χ1) is 15.3. The van der Waals surface area contributed by atoms with E-state index in [0.29, 0.717) is 19.6 Å². The van der Waals surface area contributed by atoms with Gasteiger partial charge in [-0.3, -0.25) is 0 Å². The van der Waals surface area contributed by atoms with Crippen LogP contribution in [0.15, 0.2) is 72.4 Å². The van der Waals surface area contributed by atoms with Gasteiger partial charge in [-0.2, -0.15) is 0 Å². The Bertz CT molecular complexity index is 1130. The number of thiophene rings is 1. The highest BCUT2D eigenvalue weighted by Gasteiger charge is 2.24. The summed E-state index contributed by atoms with van der Waals surface area (Å²) in [7, 11) is 0. The molecule has 1 aromatic carbocycles. The Labute approximate surface area is 185 Å². The Morgan fingerprint density at radius 3 is 2.68 bits per heavy atom. The van der Waals surface area contributed by atoms with Gasteiger partial charge in [-0.15, -0.1) is 11.3 Å². The van der Waals surface area contributed by atoms with E-state index in [1.165, 1.54) is 15.8 Å². The zero-order valence-electron chi connectivity index (χ0n) is 17.2. The van der Waals surface area contributed by atoms with Crippen molar-refractivity contribution in [2.45, 2.75) is 5.92 Å². The van der Waals surface area contributed by atoms with Gasteiger partial charge in [0, 0.05) is 66.8 Å². The van der Waals surface area contributed by atoms with Crippen LogP contribution in [0.25, 0.3) is 10.9 Å². The van der Waals surface area contributed by atoms with Crippen LogP contribution < -0.4 is 10.2 Å². The molecule has 1 aliphatic heterocycles. The summed E-state index contributed by atoms with van der Waals surface area (Å²) in [5, 5.41) is 6.49. The Morgan fingerprint density at radius 1 is 1.06 bits per heavy atom. The van der Waals surface area contributed by atoms with E-state index in [2.05, 4.69) is 62.1 Å². The molecule has 0 aliphatic carbocycles. The second-order valence-electron chi connectivity index (χ2n) is 7.71. The molecule has 3 aromatic heterocycles. The zero-order chi connectivity index (χ0) is 21.0. The highest BCUT2D eigenvalue weighted by molar-refractivity contribution is 7.10. The fraction of sp³-hybridized carbons (Fsp3) is 0.250. The number of piperazine rings is 1. The number of hydrogen-bond donors (Lipinski definition) is 2. The van der Waals surface area contributed by atoms with E-state index in [9.17, 15) is 4.79 Å². The number of para-hydroxylation sites is 1. The van der Waals surface area contributed by atoms with E-state index in [1.807, 2.05) is 35.4 Å². The lowest BCUT2D eigenvalue weighted by Gasteiger charge is -2.35. The number of H-pyrrole nitrogens is 1. The molecule has 158 valence electrons. The van der Waals surface area contributed by atoms with Crippen molar-refractivity contribution in [1.29, 1.82) is 0 Å². The first-order valence-electron chi connectivity index (χ1n) is 10.6. The molecule has 0 saturated carbocycles. The number of carbonyl (C=O) groups excluding carboxylic acids is 1. The number of benzene rings is 1. The molecule has 7 heteroatoms. The Balaban J connectivity index is 1.25. The molecule has 4 heterocycles. The van der Waals surface area contributed by atoms with Crippen LogP contribution in [0.4, 0.5) is 10.6 Å². The van der Waals surface area contributed by atoms with Gasteiger partial charge < -0.3 is 20.1 Å². The van der Waals surface area contributed by atoms with Crippen molar-refractivity contribution < 1.29 is 4.79 Å². The minimum atomic E-state index is 0.00192. The minimum absolute atomic E-state index is 0.00192. The smallest absolute Gasteiger partial charge is 0.317 e. The number of anilines is 1. The first kappa shape index (κ1) is 19.6. The van der Waals surface area contributed by atoms with E-state index in [1.54, 1.807) is 11.3 Å². The van der Waals surface area contributed by atoms with Crippen LogP contribution in [-0.4, -0.2) is 53.6 Å². The number of aromatic amines is 1. The average molecular weight is 432 g/mol. The molecule has 0 unspecified atom stereocenters. The summed E-state index contributed by atoms with van der Waals surface area (Å²) in [6, 6.07) is 18.5. The van der Waals surface area contributed by atoms with Crippen LogP contribution in [0.5, 0.6) is 0 Å². The number of hydrogen-bond acceptors (Lipinski definition) is 4. The largest absolute Gasteiger partial charge is 0.361 e. The maximum atomic E-state index is 12.9. The van der Waals surface area contributed by atoms with Crippen molar-refractivity contribution in [3.05, 3.63) is 82.8 Å². The third kappa shape index (κ3) is 4.14. The molecular formula is C24H25N5OS. The van der Waals surface area contributed by atoms with Gasteiger partial charge in [0.15, 0.2) is 0 Å². The molecule has 31 heavy (non-hydrogen) atoms. The molecule has 2 amide bonds. The number of nitrogens with zero attached hydrogens (tertiary/aromatic N) is 3. The van der Waals surface area contributed by atoms with E-state index >= 15 is 0 Å². The summed E-state index contributed by atoms with van der Waals surface area (Å²) in [5.74, 6) is 1.09. The highest BCUT2D eigenvalue weighted by atomic mass is 32.1. The lowest BCUT2D eigenvalue weighted by atomic mass is 9.97. The van der Waals surface area contributed by atoms with E-state index in [-0.39, 0.29) is 11.9 Å². The quantitative estimate of drug-likeness (QED) is 0.496. The molecule has 1 saturated heterocycles. The van der Waals surface area contributed by atoms with E-state index < -0.39 is 0 Å². The summed E-state index contributed by atoms with van der Waals surface area (Å²) in [6.45, 7) is 3.54. The van der Waals surface area contributed by atoms with Gasteiger partial charge in [0.05, 0.1) is 0 Å². The lowest BCUT2D eigenvalue weighted by Crippen LogP contribution is -2.52. The zero-order valence-corrected chi connectivity index (χ0v) is 18.0. The van der Waals surface area contributed by atoms with Crippen LogP contribution in [-0.2, 0) is 0 Å².